The zero-order valence-corrected chi connectivity index (χ0v) is 18.9. The van der Waals surface area contributed by atoms with Crippen molar-refractivity contribution >= 4 is 12.2 Å². The smallest absolute Gasteiger partial charge is 0.407 e. The molecule has 32 heavy (non-hydrogen) atoms. The Morgan fingerprint density at radius 1 is 0.688 bits per heavy atom. The zero-order valence-electron chi connectivity index (χ0n) is 18.9. The normalized spacial score (nSPS) is 34.0. The highest BCUT2D eigenvalue weighted by molar-refractivity contribution is 5.66. The molecule has 2 fully saturated rings. The lowest BCUT2D eigenvalue weighted by Crippen LogP contribution is -2.45. The summed E-state index contributed by atoms with van der Waals surface area (Å²) in [5.74, 6) is 3.05. The Hall–Kier alpha value is -2.02. The Morgan fingerprint density at radius 3 is 1.28 bits per heavy atom. The van der Waals surface area contributed by atoms with Crippen molar-refractivity contribution in [2.24, 2.45) is 35.5 Å². The summed E-state index contributed by atoms with van der Waals surface area (Å²) in [7, 11) is 0. The first-order valence-electron chi connectivity index (χ1n) is 12.4. The van der Waals surface area contributed by atoms with E-state index >= 15 is 0 Å². The highest BCUT2D eigenvalue weighted by Crippen LogP contribution is 2.54. The molecule has 0 radical (unpaired) electrons. The van der Waals surface area contributed by atoms with Crippen LogP contribution in [0.1, 0.15) is 51.4 Å². The fourth-order valence-corrected chi connectivity index (χ4v) is 6.47. The monoisotopic (exact) mass is 446 g/mol. The maximum absolute atomic E-state index is 11.8. The van der Waals surface area contributed by atoms with Gasteiger partial charge >= 0.3 is 12.2 Å². The summed E-state index contributed by atoms with van der Waals surface area (Å²) in [6, 6.07) is 0. The zero-order chi connectivity index (χ0) is 22.7. The van der Waals surface area contributed by atoms with Gasteiger partial charge in [-0.1, -0.05) is 24.3 Å². The van der Waals surface area contributed by atoms with Crippen molar-refractivity contribution in [3.8, 4) is 0 Å². The van der Waals surface area contributed by atoms with Crippen LogP contribution in [0.4, 0.5) is 9.59 Å². The molecule has 7 nitrogen and oxygen atoms in total. The number of hydrogen-bond acceptors (Lipinski definition) is 3. The molecule has 0 saturated heterocycles. The van der Waals surface area contributed by atoms with E-state index in [1.54, 1.807) is 0 Å². The lowest BCUT2D eigenvalue weighted by molar-refractivity contribution is 0.0632. The van der Waals surface area contributed by atoms with E-state index in [0.29, 0.717) is 48.6 Å². The van der Waals surface area contributed by atoms with E-state index in [1.165, 1.54) is 9.80 Å². The van der Waals surface area contributed by atoms with E-state index in [4.69, 9.17) is 0 Å². The van der Waals surface area contributed by atoms with Gasteiger partial charge in [-0.2, -0.15) is 0 Å². The minimum atomic E-state index is -1.03. The van der Waals surface area contributed by atoms with E-state index in [0.717, 1.165) is 51.4 Å². The maximum atomic E-state index is 11.8. The van der Waals surface area contributed by atoms with E-state index in [2.05, 4.69) is 24.3 Å². The van der Waals surface area contributed by atoms with Gasteiger partial charge < -0.3 is 25.1 Å². The molecule has 4 aliphatic rings. The number of carboxylic acid groups (broad SMARTS) is 2. The summed E-state index contributed by atoms with van der Waals surface area (Å²) in [5.41, 5.74) is 0. The van der Waals surface area contributed by atoms with Crippen LogP contribution in [0.25, 0.3) is 0 Å². The van der Waals surface area contributed by atoms with Gasteiger partial charge in [0, 0.05) is 13.1 Å². The third kappa shape index (κ3) is 5.66. The fourth-order valence-electron chi connectivity index (χ4n) is 6.47. The van der Waals surface area contributed by atoms with Gasteiger partial charge in [-0.05, 0) is 86.9 Å². The predicted octanol–water partition coefficient (Wildman–Crippen LogP) is 4.29. The van der Waals surface area contributed by atoms with E-state index in [9.17, 15) is 24.9 Å². The first-order valence-corrected chi connectivity index (χ1v) is 12.4. The number of nitrogens with zero attached hydrogens (tertiary/aromatic N) is 2. The van der Waals surface area contributed by atoms with Gasteiger partial charge in [0.1, 0.15) is 0 Å². The van der Waals surface area contributed by atoms with Crippen LogP contribution in [-0.4, -0.2) is 69.6 Å². The topological polar surface area (TPSA) is 101 Å². The van der Waals surface area contributed by atoms with Crippen LogP contribution in [0, 0.1) is 35.5 Å². The highest BCUT2D eigenvalue weighted by atomic mass is 16.4. The Labute approximate surface area is 190 Å². The molecule has 0 aromatic carbocycles. The summed E-state index contributed by atoms with van der Waals surface area (Å²) in [5, 5.41) is 30.0. The number of rotatable bonds is 8. The Kier molecular flexibility index (Phi) is 7.44. The summed E-state index contributed by atoms with van der Waals surface area (Å²) < 4.78 is 0. The Balaban J connectivity index is 1.27. The van der Waals surface area contributed by atoms with Gasteiger partial charge in [-0.15, -0.1) is 0 Å². The van der Waals surface area contributed by atoms with Crippen molar-refractivity contribution in [3.63, 3.8) is 0 Å². The first-order chi connectivity index (χ1) is 15.5. The summed E-state index contributed by atoms with van der Waals surface area (Å²) >= 11 is 0. The number of carbonyl (C=O) groups is 2. The van der Waals surface area contributed by atoms with Crippen molar-refractivity contribution < 1.29 is 24.9 Å². The number of aliphatic hydroxyl groups is 1. The molecular formula is C25H38N2O5. The summed E-state index contributed by atoms with van der Waals surface area (Å²) in [6.07, 6.45) is 14.5. The molecule has 7 heteroatoms. The van der Waals surface area contributed by atoms with Crippen molar-refractivity contribution in [3.05, 3.63) is 24.3 Å². The lowest BCUT2D eigenvalue weighted by atomic mass is 10.1. The van der Waals surface area contributed by atoms with Gasteiger partial charge in [0.25, 0.3) is 0 Å². The molecule has 178 valence electrons. The second kappa shape index (κ2) is 10.3. The quantitative estimate of drug-likeness (QED) is 0.483. The predicted molar refractivity (Wildman–Crippen MR) is 121 cm³/mol. The molecular weight excluding hydrogens is 408 g/mol. The average Bonchev–Trinajstić information content (AvgIpc) is 3.54. The lowest BCUT2D eigenvalue weighted by Gasteiger charge is -2.27. The molecule has 0 spiro atoms. The standard InChI is InChI=1S/C25H38N2O5/c28-17(13-26(24(29)30)15-22-18-9-5-1-2-6-10-19(18)22)14-27(25(31)32)16-23-20-11-7-3-4-8-12-21(20)23/h1-4,17-23,28H,5-16H2,(H,29,30)(H,31,32). The molecule has 2 saturated carbocycles. The van der Waals surface area contributed by atoms with Crippen molar-refractivity contribution in [1.82, 2.24) is 9.80 Å². The second-order valence-electron chi connectivity index (χ2n) is 10.3. The summed E-state index contributed by atoms with van der Waals surface area (Å²) in [6.45, 7) is 0.812. The molecule has 4 aliphatic carbocycles. The number of fused-ring (bicyclic) bond motifs is 2. The van der Waals surface area contributed by atoms with Crippen LogP contribution in [-0.2, 0) is 0 Å². The van der Waals surface area contributed by atoms with Crippen LogP contribution in [0.15, 0.2) is 24.3 Å². The highest BCUT2D eigenvalue weighted by Gasteiger charge is 2.50. The van der Waals surface area contributed by atoms with Crippen molar-refractivity contribution in [1.29, 1.82) is 0 Å². The third-order valence-electron chi connectivity index (χ3n) is 8.28. The molecule has 0 aromatic heterocycles. The first kappa shape index (κ1) is 23.1. The van der Waals surface area contributed by atoms with Crippen LogP contribution in [0.2, 0.25) is 0 Å². The molecule has 2 amide bonds. The van der Waals surface area contributed by atoms with Crippen LogP contribution in [0.3, 0.4) is 0 Å². The molecule has 0 aliphatic heterocycles. The average molecular weight is 447 g/mol. The van der Waals surface area contributed by atoms with E-state index in [-0.39, 0.29) is 13.1 Å². The van der Waals surface area contributed by atoms with Crippen LogP contribution >= 0.6 is 0 Å². The van der Waals surface area contributed by atoms with Crippen molar-refractivity contribution in [2.75, 3.05) is 26.2 Å². The molecule has 0 bridgehead atoms. The van der Waals surface area contributed by atoms with E-state index in [1.807, 2.05) is 0 Å². The number of hydrogen-bond donors (Lipinski definition) is 3. The van der Waals surface area contributed by atoms with Gasteiger partial charge in [-0.25, -0.2) is 9.59 Å². The number of aliphatic hydroxyl groups excluding tert-OH is 1. The van der Waals surface area contributed by atoms with Gasteiger partial charge in [-0.3, -0.25) is 0 Å². The fraction of sp³-hybridized carbons (Fsp3) is 0.760. The Bertz CT molecular complexity index is 646. The second-order valence-corrected chi connectivity index (χ2v) is 10.3. The number of amides is 2. The van der Waals surface area contributed by atoms with Crippen molar-refractivity contribution in [2.45, 2.75) is 57.5 Å². The van der Waals surface area contributed by atoms with Gasteiger partial charge in [0.15, 0.2) is 0 Å². The minimum absolute atomic E-state index is 0.0330. The van der Waals surface area contributed by atoms with E-state index < -0.39 is 18.3 Å². The molecule has 4 unspecified atom stereocenters. The minimum Gasteiger partial charge on any atom is -0.465 e. The van der Waals surface area contributed by atoms with Crippen LogP contribution in [0.5, 0.6) is 0 Å². The Morgan fingerprint density at radius 2 is 1.00 bits per heavy atom. The third-order valence-corrected chi connectivity index (χ3v) is 8.28. The SMILES string of the molecule is O=C(O)N(CC(O)CN(CC1C2CCC=CCCC21)C(=O)O)CC1C2CCC=CCCC21. The van der Waals surface area contributed by atoms with Crippen LogP contribution < -0.4 is 0 Å². The molecule has 4 rings (SSSR count). The summed E-state index contributed by atoms with van der Waals surface area (Å²) in [4.78, 5) is 26.3. The molecule has 0 aromatic rings. The molecule has 4 atom stereocenters. The largest absolute Gasteiger partial charge is 0.465 e. The van der Waals surface area contributed by atoms with Gasteiger partial charge in [0.05, 0.1) is 19.2 Å². The maximum Gasteiger partial charge on any atom is 0.407 e. The van der Waals surface area contributed by atoms with Gasteiger partial charge in [0.2, 0.25) is 0 Å². The number of allylic oxidation sites excluding steroid dienone is 4. The molecule has 3 N–H and O–H groups in total. The molecule has 0 heterocycles.